The number of amides is 1. The largest absolute Gasteiger partial charge is 0.398 e. The molecule has 1 fully saturated rings. The van der Waals surface area contributed by atoms with Gasteiger partial charge in [0.1, 0.15) is 0 Å². The molecule has 5 rings (SSSR count). The van der Waals surface area contributed by atoms with Crippen LogP contribution in [-0.2, 0) is 16.1 Å². The summed E-state index contributed by atoms with van der Waals surface area (Å²) in [6.45, 7) is 1.46. The van der Waals surface area contributed by atoms with Gasteiger partial charge in [-0.05, 0) is 54.4 Å². The van der Waals surface area contributed by atoms with Crippen molar-refractivity contribution in [3.8, 4) is 0 Å². The fourth-order valence-corrected chi connectivity index (χ4v) is 5.65. The molecule has 0 aliphatic carbocycles. The van der Waals surface area contributed by atoms with Crippen molar-refractivity contribution in [2.75, 3.05) is 16.8 Å². The number of carbonyl (C=O) groups is 2. The first-order chi connectivity index (χ1) is 19.9. The standard InChI is InChI=1S/C33H32N2O5S/c1-21(37)24-6-5-9-27(17-24)35-32(38)25-7-4-8-26(16-25)33-39-28(20-41-31-11-3-2-10-29(31)34)18-30(40-33)23-14-12-22(19-36)13-15-23/h2-17,28,30,33,36H,18-20,34H2,1H3,(H,35,38). The summed E-state index contributed by atoms with van der Waals surface area (Å²) in [6.07, 6.45) is -0.444. The molecule has 3 unspecified atom stereocenters. The molecule has 1 aliphatic rings. The summed E-state index contributed by atoms with van der Waals surface area (Å²) in [5.41, 5.74) is 10.9. The van der Waals surface area contributed by atoms with Crippen molar-refractivity contribution in [2.45, 2.75) is 43.3 Å². The maximum atomic E-state index is 13.1. The molecule has 4 N–H and O–H groups in total. The van der Waals surface area contributed by atoms with Gasteiger partial charge >= 0.3 is 0 Å². The highest BCUT2D eigenvalue weighted by Gasteiger charge is 2.32. The summed E-state index contributed by atoms with van der Waals surface area (Å²) in [5.74, 6) is 0.301. The highest BCUT2D eigenvalue weighted by Crippen LogP contribution is 2.40. The van der Waals surface area contributed by atoms with E-state index in [0.717, 1.165) is 27.3 Å². The number of nitrogen functional groups attached to an aromatic ring is 1. The lowest BCUT2D eigenvalue weighted by molar-refractivity contribution is -0.245. The first kappa shape index (κ1) is 28.6. The number of ketones is 1. The van der Waals surface area contributed by atoms with Crippen molar-refractivity contribution in [2.24, 2.45) is 0 Å². The summed E-state index contributed by atoms with van der Waals surface area (Å²) in [5, 5.41) is 12.3. The third-order valence-electron chi connectivity index (χ3n) is 6.91. The van der Waals surface area contributed by atoms with Crippen LogP contribution in [0.1, 0.15) is 63.1 Å². The van der Waals surface area contributed by atoms with Crippen LogP contribution in [0.25, 0.3) is 0 Å². The average Bonchev–Trinajstić information content (AvgIpc) is 3.00. The second-order valence-corrected chi connectivity index (χ2v) is 11.0. The number of carbonyl (C=O) groups excluding carboxylic acids is 2. The van der Waals surface area contributed by atoms with Gasteiger partial charge in [-0.15, -0.1) is 11.8 Å². The molecule has 1 heterocycles. The Morgan fingerprint density at radius 1 is 0.902 bits per heavy atom. The molecule has 7 nitrogen and oxygen atoms in total. The Balaban J connectivity index is 1.36. The lowest BCUT2D eigenvalue weighted by Gasteiger charge is -2.36. The molecule has 0 bridgehead atoms. The van der Waals surface area contributed by atoms with Crippen LogP contribution >= 0.6 is 11.8 Å². The van der Waals surface area contributed by atoms with Crippen LogP contribution in [0.15, 0.2) is 102 Å². The number of nitrogens with two attached hydrogens (primary N) is 1. The number of nitrogens with one attached hydrogen (secondary N) is 1. The monoisotopic (exact) mass is 568 g/mol. The second-order valence-electron chi connectivity index (χ2n) is 9.92. The van der Waals surface area contributed by atoms with E-state index in [1.54, 1.807) is 54.2 Å². The molecule has 0 spiro atoms. The normalized spacial score (nSPS) is 18.5. The summed E-state index contributed by atoms with van der Waals surface area (Å²) in [7, 11) is 0. The van der Waals surface area contributed by atoms with E-state index in [9.17, 15) is 14.7 Å². The quantitative estimate of drug-likeness (QED) is 0.119. The Hall–Kier alpha value is -3.95. The number of anilines is 2. The molecule has 210 valence electrons. The molecule has 0 saturated carbocycles. The average molecular weight is 569 g/mol. The van der Waals surface area contributed by atoms with E-state index < -0.39 is 6.29 Å². The molecule has 4 aromatic carbocycles. The second kappa shape index (κ2) is 13.1. The molecule has 41 heavy (non-hydrogen) atoms. The number of ether oxygens (including phenoxy) is 2. The Morgan fingerprint density at radius 3 is 2.41 bits per heavy atom. The maximum Gasteiger partial charge on any atom is 0.255 e. The van der Waals surface area contributed by atoms with Gasteiger partial charge in [0.25, 0.3) is 5.91 Å². The molecule has 1 amide bonds. The molecule has 1 saturated heterocycles. The summed E-state index contributed by atoms with van der Waals surface area (Å²) >= 11 is 1.64. The van der Waals surface area contributed by atoms with Gasteiger partial charge in [-0.25, -0.2) is 0 Å². The molecular formula is C33H32N2O5S. The number of para-hydroxylation sites is 1. The molecular weight excluding hydrogens is 536 g/mol. The van der Waals surface area contributed by atoms with Crippen LogP contribution < -0.4 is 11.1 Å². The lowest BCUT2D eigenvalue weighted by atomic mass is 10.0. The number of rotatable bonds is 9. The summed E-state index contributed by atoms with van der Waals surface area (Å²) < 4.78 is 12.9. The van der Waals surface area contributed by atoms with Crippen molar-refractivity contribution in [1.82, 2.24) is 0 Å². The highest BCUT2D eigenvalue weighted by molar-refractivity contribution is 7.99. The minimum Gasteiger partial charge on any atom is -0.398 e. The third kappa shape index (κ3) is 7.23. The smallest absolute Gasteiger partial charge is 0.255 e. The van der Waals surface area contributed by atoms with E-state index in [1.165, 1.54) is 6.92 Å². The van der Waals surface area contributed by atoms with E-state index in [1.807, 2.05) is 54.6 Å². The zero-order chi connectivity index (χ0) is 28.8. The molecule has 4 aromatic rings. The van der Waals surface area contributed by atoms with Gasteiger partial charge in [0.2, 0.25) is 0 Å². The SMILES string of the molecule is CC(=O)c1cccc(NC(=O)c2cccc(C3OC(CSc4ccccc4N)CC(c4ccc(CO)cc4)O3)c2)c1. The number of hydrogen-bond acceptors (Lipinski definition) is 7. The van der Waals surface area contributed by atoms with Gasteiger partial charge in [-0.3, -0.25) is 9.59 Å². The fourth-order valence-electron chi connectivity index (χ4n) is 4.66. The first-order valence-electron chi connectivity index (χ1n) is 13.4. The fraction of sp³-hybridized carbons (Fsp3) is 0.212. The first-order valence-corrected chi connectivity index (χ1v) is 14.4. The van der Waals surface area contributed by atoms with Crippen LogP contribution in [0.2, 0.25) is 0 Å². The number of aliphatic hydroxyl groups excluding tert-OH is 1. The van der Waals surface area contributed by atoms with Crippen molar-refractivity contribution in [3.63, 3.8) is 0 Å². The number of thioether (sulfide) groups is 1. The Labute approximate surface area is 243 Å². The Morgan fingerprint density at radius 2 is 1.66 bits per heavy atom. The van der Waals surface area contributed by atoms with E-state index in [0.29, 0.717) is 29.0 Å². The number of hydrogen-bond donors (Lipinski definition) is 3. The van der Waals surface area contributed by atoms with Gasteiger partial charge in [0.05, 0.1) is 18.8 Å². The van der Waals surface area contributed by atoms with Gasteiger partial charge in [0.15, 0.2) is 12.1 Å². The van der Waals surface area contributed by atoms with Crippen LogP contribution in [0, 0.1) is 0 Å². The van der Waals surface area contributed by atoms with Gasteiger partial charge < -0.3 is 25.6 Å². The summed E-state index contributed by atoms with van der Waals surface area (Å²) in [4.78, 5) is 25.9. The molecule has 0 aromatic heterocycles. The van der Waals surface area contributed by atoms with Crippen molar-refractivity contribution in [3.05, 3.63) is 125 Å². The van der Waals surface area contributed by atoms with Crippen molar-refractivity contribution < 1.29 is 24.2 Å². The van der Waals surface area contributed by atoms with Crippen LogP contribution in [0.4, 0.5) is 11.4 Å². The lowest BCUT2D eigenvalue weighted by Crippen LogP contribution is -2.31. The summed E-state index contributed by atoms with van der Waals surface area (Å²) in [6, 6.07) is 29.5. The molecule has 0 radical (unpaired) electrons. The van der Waals surface area contributed by atoms with Crippen molar-refractivity contribution >= 4 is 34.8 Å². The van der Waals surface area contributed by atoms with Gasteiger partial charge in [0, 0.05) is 45.1 Å². The van der Waals surface area contributed by atoms with E-state index >= 15 is 0 Å². The van der Waals surface area contributed by atoms with Crippen LogP contribution in [0.5, 0.6) is 0 Å². The number of benzene rings is 4. The molecule has 8 heteroatoms. The minimum absolute atomic E-state index is 0.0246. The van der Waals surface area contributed by atoms with E-state index in [2.05, 4.69) is 5.32 Å². The van der Waals surface area contributed by atoms with Crippen molar-refractivity contribution in [1.29, 1.82) is 0 Å². The van der Waals surface area contributed by atoms with Crippen LogP contribution in [0.3, 0.4) is 0 Å². The third-order valence-corrected chi connectivity index (χ3v) is 8.13. The van der Waals surface area contributed by atoms with Gasteiger partial charge in [-0.1, -0.05) is 60.7 Å². The predicted molar refractivity (Wildman–Crippen MR) is 161 cm³/mol. The number of aliphatic hydroxyl groups is 1. The highest BCUT2D eigenvalue weighted by atomic mass is 32.2. The zero-order valence-electron chi connectivity index (χ0n) is 22.7. The minimum atomic E-state index is -0.696. The van der Waals surface area contributed by atoms with E-state index in [4.69, 9.17) is 15.2 Å². The maximum absolute atomic E-state index is 13.1. The van der Waals surface area contributed by atoms with Gasteiger partial charge in [-0.2, -0.15) is 0 Å². The Kier molecular flexibility index (Phi) is 9.16. The topological polar surface area (TPSA) is 111 Å². The van der Waals surface area contributed by atoms with Crippen LogP contribution in [-0.4, -0.2) is 28.7 Å². The number of Topliss-reactive ketones (excluding diaryl/α,β-unsaturated/α-hetero) is 1. The molecule has 3 atom stereocenters. The zero-order valence-corrected chi connectivity index (χ0v) is 23.5. The Bertz CT molecular complexity index is 1520. The molecule has 1 aliphatic heterocycles. The van der Waals surface area contributed by atoms with E-state index in [-0.39, 0.29) is 30.5 Å². The predicted octanol–water partition coefficient (Wildman–Crippen LogP) is 6.55.